The predicted octanol–water partition coefficient (Wildman–Crippen LogP) is 0.616. The molecule has 3 atom stereocenters. The number of hydrogen-bond acceptors (Lipinski definition) is 8. The largest absolute Gasteiger partial charge is 0.522 e. The number of amides is 3. The molecule has 3 amide bonds. The SMILES string of the molecule is Nc1nc(/C(C(=O)NC2C(=O)[N+]3(C(=O)O)CCS[C@@H]23)=C2\C=CCO2)cs1. The van der Waals surface area contributed by atoms with Gasteiger partial charge in [0.2, 0.25) is 6.04 Å². The minimum Gasteiger partial charge on any atom is -0.489 e. The van der Waals surface area contributed by atoms with E-state index in [-0.39, 0.29) is 12.1 Å². The number of carbonyl (C=O) groups is 3. The number of thioether (sulfide) groups is 1. The van der Waals surface area contributed by atoms with Crippen LogP contribution in [-0.4, -0.2) is 62.8 Å². The summed E-state index contributed by atoms with van der Waals surface area (Å²) in [6.07, 6.45) is 2.24. The van der Waals surface area contributed by atoms with Crippen molar-refractivity contribution in [3.05, 3.63) is 29.0 Å². The smallest absolute Gasteiger partial charge is 0.489 e. The molecule has 4 rings (SSSR count). The molecule has 4 N–H and O–H groups in total. The first kappa shape index (κ1) is 17.1. The first-order valence-corrected chi connectivity index (χ1v) is 9.71. The van der Waals surface area contributed by atoms with Crippen LogP contribution in [0.3, 0.4) is 0 Å². The van der Waals surface area contributed by atoms with Crippen molar-refractivity contribution in [3.8, 4) is 0 Å². The van der Waals surface area contributed by atoms with Gasteiger partial charge < -0.3 is 20.9 Å². The second kappa shape index (κ2) is 6.11. The summed E-state index contributed by atoms with van der Waals surface area (Å²) in [6.45, 7) is 0.573. The molecule has 2 saturated heterocycles. The molecular weight excluding hydrogens is 380 g/mol. The number of carboxylic acid groups (broad SMARTS) is 1. The van der Waals surface area contributed by atoms with E-state index in [0.717, 1.165) is 0 Å². The van der Waals surface area contributed by atoms with Gasteiger partial charge in [-0.25, -0.2) is 9.78 Å². The Kier molecular flexibility index (Phi) is 4.01. The summed E-state index contributed by atoms with van der Waals surface area (Å²) in [5.41, 5.74) is 6.21. The molecule has 0 aromatic carbocycles. The molecule has 0 bridgehead atoms. The summed E-state index contributed by atoms with van der Waals surface area (Å²) in [4.78, 5) is 41.1. The first-order chi connectivity index (χ1) is 12.4. The highest BCUT2D eigenvalue weighted by molar-refractivity contribution is 8.00. The highest BCUT2D eigenvalue weighted by Gasteiger charge is 2.72. The van der Waals surface area contributed by atoms with Crippen LogP contribution in [0.5, 0.6) is 0 Å². The van der Waals surface area contributed by atoms with Crippen molar-refractivity contribution < 1.29 is 28.7 Å². The van der Waals surface area contributed by atoms with Crippen molar-refractivity contribution in [2.45, 2.75) is 11.4 Å². The van der Waals surface area contributed by atoms with Crippen molar-refractivity contribution in [1.82, 2.24) is 10.3 Å². The van der Waals surface area contributed by atoms with Gasteiger partial charge in [-0.2, -0.15) is 4.79 Å². The number of rotatable bonds is 3. The number of nitrogens with zero attached hydrogens (tertiary/aromatic N) is 2. The number of aromatic nitrogens is 1. The van der Waals surface area contributed by atoms with Crippen molar-refractivity contribution in [2.24, 2.45) is 0 Å². The quantitative estimate of drug-likeness (QED) is 0.385. The summed E-state index contributed by atoms with van der Waals surface area (Å²) in [7, 11) is 0. The highest BCUT2D eigenvalue weighted by Crippen LogP contribution is 2.44. The summed E-state index contributed by atoms with van der Waals surface area (Å²) in [5.74, 6) is -0.147. The Bertz CT molecular complexity index is 879. The van der Waals surface area contributed by atoms with E-state index in [1.54, 1.807) is 17.5 Å². The number of β-lactam (4-membered cyclic amide) rings is 1. The second-order valence-electron chi connectivity index (χ2n) is 5.95. The number of ether oxygens (including phenoxy) is 1. The number of nitrogens with two attached hydrogens (primary N) is 1. The Balaban J connectivity index is 1.61. The third kappa shape index (κ3) is 2.35. The zero-order valence-corrected chi connectivity index (χ0v) is 15.0. The summed E-state index contributed by atoms with van der Waals surface area (Å²) in [5, 5.41) is 13.5. The zero-order chi connectivity index (χ0) is 18.5. The minimum atomic E-state index is -1.18. The maximum absolute atomic E-state index is 12.9. The van der Waals surface area contributed by atoms with Crippen LogP contribution in [0.25, 0.3) is 5.57 Å². The van der Waals surface area contributed by atoms with Crippen LogP contribution >= 0.6 is 23.1 Å². The standard InChI is InChI=1S/C15H14N4O5S2/c16-14-17-7(6-26-14)9(8-2-1-4-24-8)11(20)18-10-12(21)19(15(22)23)3-5-25-13(10)19/h1-2,6,10,13H,3-5H2,(H3-,16,17,18,20,22,23)/p+1/b9-8-/t10?,13-,19?/m0/s1. The lowest BCUT2D eigenvalue weighted by Crippen LogP contribution is -2.80. The van der Waals surface area contributed by atoms with E-state index in [1.807, 2.05) is 0 Å². The van der Waals surface area contributed by atoms with Gasteiger partial charge in [-0.05, 0) is 12.2 Å². The molecule has 3 aliphatic rings. The maximum atomic E-state index is 12.9. The number of fused-ring (bicyclic) bond motifs is 1. The number of nitrogens with one attached hydrogen (secondary N) is 1. The molecule has 0 radical (unpaired) electrons. The lowest BCUT2D eigenvalue weighted by molar-refractivity contribution is -0.815. The number of anilines is 1. The number of hydrogen-bond donors (Lipinski definition) is 3. The van der Waals surface area contributed by atoms with Crippen molar-refractivity contribution >= 4 is 51.7 Å². The third-order valence-corrected chi connectivity index (χ3v) is 6.66. The van der Waals surface area contributed by atoms with Crippen LogP contribution in [-0.2, 0) is 14.3 Å². The molecule has 2 unspecified atom stereocenters. The molecule has 136 valence electrons. The number of allylic oxidation sites excluding steroid dienone is 1. The Morgan fingerprint density at radius 1 is 1.46 bits per heavy atom. The molecule has 11 heteroatoms. The maximum Gasteiger partial charge on any atom is 0.522 e. The van der Waals surface area contributed by atoms with Gasteiger partial charge in [0.15, 0.2) is 10.5 Å². The fourth-order valence-corrected chi connectivity index (χ4v) is 5.46. The van der Waals surface area contributed by atoms with Crippen molar-refractivity contribution in [2.75, 3.05) is 24.6 Å². The van der Waals surface area contributed by atoms with E-state index >= 15 is 0 Å². The van der Waals surface area contributed by atoms with Crippen LogP contribution in [0.15, 0.2) is 23.3 Å². The van der Waals surface area contributed by atoms with Gasteiger partial charge in [0.25, 0.3) is 5.91 Å². The Morgan fingerprint density at radius 2 is 2.27 bits per heavy atom. The van der Waals surface area contributed by atoms with Crippen molar-refractivity contribution in [3.63, 3.8) is 0 Å². The molecule has 0 saturated carbocycles. The molecule has 1 aromatic rings. The number of carbonyl (C=O) groups excluding carboxylic acids is 2. The molecule has 9 nitrogen and oxygen atoms in total. The van der Waals surface area contributed by atoms with Gasteiger partial charge in [-0.15, -0.1) is 15.8 Å². The first-order valence-electron chi connectivity index (χ1n) is 7.78. The average Bonchev–Trinajstić information content (AvgIpc) is 3.33. The minimum absolute atomic E-state index is 0.183. The van der Waals surface area contributed by atoms with Crippen LogP contribution in [0.2, 0.25) is 0 Å². The van der Waals surface area contributed by atoms with E-state index in [2.05, 4.69) is 10.3 Å². The normalized spacial score (nSPS) is 31.2. The van der Waals surface area contributed by atoms with Crippen molar-refractivity contribution in [1.29, 1.82) is 0 Å². The molecule has 0 aliphatic carbocycles. The Labute approximate surface area is 156 Å². The topological polar surface area (TPSA) is 132 Å². The van der Waals surface area contributed by atoms with Gasteiger partial charge in [-0.1, -0.05) is 11.8 Å². The lowest BCUT2D eigenvalue weighted by Gasteiger charge is -2.44. The predicted molar refractivity (Wildman–Crippen MR) is 94.9 cm³/mol. The number of nitrogen functional groups attached to an aromatic ring is 1. The molecular formula is C15H15N4O5S2+. The van der Waals surface area contributed by atoms with Gasteiger partial charge in [0, 0.05) is 11.1 Å². The molecule has 4 heterocycles. The summed E-state index contributed by atoms with van der Waals surface area (Å²) in [6, 6.07) is -0.858. The van der Waals surface area contributed by atoms with E-state index in [9.17, 15) is 19.5 Å². The monoisotopic (exact) mass is 395 g/mol. The Morgan fingerprint density at radius 3 is 2.88 bits per heavy atom. The number of imide groups is 1. The highest BCUT2D eigenvalue weighted by atomic mass is 32.2. The fourth-order valence-electron chi connectivity index (χ4n) is 3.34. The van der Waals surface area contributed by atoms with E-state index in [0.29, 0.717) is 28.9 Å². The van der Waals surface area contributed by atoms with Gasteiger partial charge >= 0.3 is 12.0 Å². The van der Waals surface area contributed by atoms with E-state index < -0.39 is 33.8 Å². The van der Waals surface area contributed by atoms with Gasteiger partial charge in [0.05, 0.1) is 5.69 Å². The van der Waals surface area contributed by atoms with E-state index in [1.165, 1.54) is 23.1 Å². The van der Waals surface area contributed by atoms with Crippen LogP contribution in [0.1, 0.15) is 5.69 Å². The second-order valence-corrected chi connectivity index (χ2v) is 8.06. The molecule has 2 fully saturated rings. The molecule has 26 heavy (non-hydrogen) atoms. The molecule has 3 aliphatic heterocycles. The fraction of sp³-hybridized carbons (Fsp3) is 0.333. The van der Waals surface area contributed by atoms with Crippen LogP contribution in [0.4, 0.5) is 9.93 Å². The van der Waals surface area contributed by atoms with Crippen LogP contribution < -0.4 is 11.1 Å². The third-order valence-electron chi connectivity index (χ3n) is 4.60. The lowest BCUT2D eigenvalue weighted by atomic mass is 10.0. The Hall–Kier alpha value is -2.37. The van der Waals surface area contributed by atoms with Crippen LogP contribution in [0, 0.1) is 0 Å². The van der Waals surface area contributed by atoms with Gasteiger partial charge in [0.1, 0.15) is 24.5 Å². The summed E-state index contributed by atoms with van der Waals surface area (Å²) >= 11 is 2.57. The number of thiazole rings is 1. The molecule has 1 aromatic heterocycles. The number of quaternary nitrogens is 1. The zero-order valence-electron chi connectivity index (χ0n) is 13.4. The molecule has 0 spiro atoms. The average molecular weight is 395 g/mol. The summed E-state index contributed by atoms with van der Waals surface area (Å²) < 4.78 is 4.82. The van der Waals surface area contributed by atoms with Gasteiger partial charge in [-0.3, -0.25) is 4.79 Å². The van der Waals surface area contributed by atoms with E-state index in [4.69, 9.17) is 10.5 Å².